The zero-order chi connectivity index (χ0) is 10.7. The number of rotatable bonds is 0. The largest absolute Gasteiger partial charge is 3.00 e. The molecule has 0 spiro atoms. The minimum absolute atomic E-state index is 0. The molecule has 0 rings (SSSR count). The molecule has 0 N–H and O–H groups in total. The quantitative estimate of drug-likeness (QED) is 0.377. The summed E-state index contributed by atoms with van der Waals surface area (Å²) in [6.45, 7) is 0. The van der Waals surface area contributed by atoms with E-state index in [1.807, 2.05) is 0 Å². The monoisotopic (exact) mass is 431 g/mol. The van der Waals surface area contributed by atoms with Crippen molar-refractivity contribution in [1.82, 2.24) is 0 Å². The van der Waals surface area contributed by atoms with Crippen molar-refractivity contribution in [3.8, 4) is 29.8 Å². The van der Waals surface area contributed by atoms with Gasteiger partial charge in [0.15, 0.2) is 0 Å². The molecule has 0 heterocycles. The molecule has 0 fully saturated rings. The first-order valence-corrected chi connectivity index (χ1v) is 5.71. The molecule has 0 aliphatic carbocycles. The van der Waals surface area contributed by atoms with Crippen LogP contribution in [0.2, 0.25) is 0 Å². The first kappa shape index (κ1) is 25.3. The Morgan fingerprint density at radius 1 is 0.562 bits per heavy atom. The predicted molar refractivity (Wildman–Crippen MR) is 33.7 cm³/mol. The Labute approximate surface area is 157 Å². The molecule has 6 nitrogen and oxygen atoms in total. The maximum absolute atomic E-state index is 8.58. The summed E-state index contributed by atoms with van der Waals surface area (Å²) < 4.78 is 0. The Bertz CT molecular complexity index is 401. The van der Waals surface area contributed by atoms with E-state index in [2.05, 4.69) is 0 Å². The van der Waals surface area contributed by atoms with Gasteiger partial charge >= 0.3 is 160 Å². The van der Waals surface area contributed by atoms with Gasteiger partial charge in [-0.05, 0) is 0 Å². The van der Waals surface area contributed by atoms with Crippen LogP contribution in [0.1, 0.15) is 0 Å². The summed E-state index contributed by atoms with van der Waals surface area (Å²) in [4.78, 5) is 6.19. The summed E-state index contributed by atoms with van der Waals surface area (Å²) >= 11 is 0. The van der Waals surface area contributed by atoms with Gasteiger partial charge in [-0.2, -0.15) is 0 Å². The first-order valence-electron chi connectivity index (χ1n) is 2.40. The Kier molecular flexibility index (Phi) is 11.0. The van der Waals surface area contributed by atoms with Crippen LogP contribution in [0.3, 0.4) is 0 Å². The first-order chi connectivity index (χ1) is 5.97. The smallest absolute Gasteiger partial charge is 1.00 e. The minimum atomic E-state index is -6.17. The summed E-state index contributed by atoms with van der Waals surface area (Å²) in [5, 5.41) is 51.5. The predicted octanol–water partition coefficient (Wildman–Crippen LogP) is -2.90. The fourth-order valence-electron chi connectivity index (χ4n) is 0.265. The van der Waals surface area contributed by atoms with E-state index in [4.69, 9.17) is 31.6 Å². The Morgan fingerprint density at radius 2 is 0.688 bits per heavy atom. The van der Waals surface area contributed by atoms with Crippen LogP contribution in [0.5, 0.6) is 0 Å². The maximum Gasteiger partial charge on any atom is 3.00 e. The van der Waals surface area contributed by atoms with Gasteiger partial charge in [0.1, 0.15) is 0 Å². The van der Waals surface area contributed by atoms with Crippen molar-refractivity contribution in [1.29, 1.82) is 31.6 Å². The van der Waals surface area contributed by atoms with Gasteiger partial charge < -0.3 is 0 Å². The van der Waals surface area contributed by atoms with Gasteiger partial charge in [0, 0.05) is 0 Å². The molecule has 0 aliphatic rings. The molecule has 0 saturated carbocycles. The van der Waals surface area contributed by atoms with Crippen LogP contribution in [0.15, 0.2) is 0 Å². The van der Waals surface area contributed by atoms with E-state index in [9.17, 15) is 0 Å². The molecule has 73 valence electrons. The minimum Gasteiger partial charge on any atom is 1.00 e. The van der Waals surface area contributed by atoms with Gasteiger partial charge in [0.2, 0.25) is 0 Å². The topological polar surface area (TPSA) is 143 Å². The second-order valence-corrected chi connectivity index (χ2v) is 7.42. The van der Waals surface area contributed by atoms with Crippen LogP contribution < -0.4 is 29.6 Å². The molecule has 0 unspecified atom stereocenters. The zero-order valence-corrected chi connectivity index (χ0v) is 15.2. The van der Waals surface area contributed by atoms with Crippen molar-refractivity contribution in [3.63, 3.8) is 0 Å². The number of nitriles is 6. The van der Waals surface area contributed by atoms with Crippen LogP contribution >= 0.6 is 0 Å². The van der Waals surface area contributed by atoms with E-state index in [-0.39, 0.29) is 88.4 Å². The van der Waals surface area contributed by atoms with Crippen LogP contribution in [0, 0.1) is 103 Å². The molecular formula is C6CeFe2N6Na+2. The molecule has 1 radical (unpaired) electrons. The molecular weight excluding hydrogens is 431 g/mol. The van der Waals surface area contributed by atoms with E-state index in [0.717, 1.165) is 29.8 Å². The third-order valence-corrected chi connectivity index (χ3v) is 4.89. The average molecular weight is 431 g/mol. The Hall–Kier alpha value is 0.356. The molecule has 10 heteroatoms. The van der Waals surface area contributed by atoms with Crippen molar-refractivity contribution < 1.29 is 99.1 Å². The summed E-state index contributed by atoms with van der Waals surface area (Å²) in [6, 6.07) is 0. The fraction of sp³-hybridized carbons (Fsp3) is 0. The standard InChI is InChI=1S/6CN.Ce.2Fe.Na/c6*1-2;;;;/q;;;;;;+3;-4;+2;+1. The van der Waals surface area contributed by atoms with Crippen LogP contribution in [0.25, 0.3) is 0 Å². The summed E-state index contributed by atoms with van der Waals surface area (Å²) in [6.07, 6.45) is 0. The van der Waals surface area contributed by atoms with Gasteiger partial charge in [0.25, 0.3) is 0 Å². The van der Waals surface area contributed by atoms with E-state index < -0.39 is 10.7 Å². The van der Waals surface area contributed by atoms with Crippen molar-refractivity contribution in [2.75, 3.05) is 0 Å². The van der Waals surface area contributed by atoms with Crippen molar-refractivity contribution in [2.24, 2.45) is 0 Å². The fourth-order valence-corrected chi connectivity index (χ4v) is 1.09. The van der Waals surface area contributed by atoms with Crippen LogP contribution in [0.4, 0.5) is 0 Å². The second kappa shape index (κ2) is 6.94. The van der Waals surface area contributed by atoms with Crippen LogP contribution in [-0.2, 0) is 27.8 Å². The average Bonchev–Trinajstić information content (AvgIpc) is 2.26. The maximum atomic E-state index is 8.58. The molecule has 16 heavy (non-hydrogen) atoms. The number of hydrogen-bond donors (Lipinski definition) is 0. The van der Waals surface area contributed by atoms with E-state index in [1.165, 1.54) is 0 Å². The SMILES string of the molecule is N#[C][Fe-4]([C]#N)([C]#N)([C]#N)([C]#N)[C]#N.[Ce+3].[Fe+2].[Na+]. The third-order valence-electron chi connectivity index (χ3n) is 1.19. The molecule has 0 aromatic heterocycles. The van der Waals surface area contributed by atoms with Gasteiger partial charge in [-0.3, -0.25) is 0 Å². The van der Waals surface area contributed by atoms with Crippen molar-refractivity contribution in [3.05, 3.63) is 0 Å². The van der Waals surface area contributed by atoms with E-state index in [0.29, 0.717) is 0 Å². The molecule has 0 saturated heterocycles. The van der Waals surface area contributed by atoms with Crippen molar-refractivity contribution >= 4 is 0 Å². The molecule has 0 aromatic rings. The summed E-state index contributed by atoms with van der Waals surface area (Å²) in [5.41, 5.74) is 0. The van der Waals surface area contributed by atoms with Gasteiger partial charge in [-0.25, -0.2) is 0 Å². The number of hydrogen-bond acceptors (Lipinski definition) is 6. The molecule has 0 aliphatic heterocycles. The molecule has 0 aromatic carbocycles. The Morgan fingerprint density at radius 3 is 0.688 bits per heavy atom. The second-order valence-electron chi connectivity index (χ2n) is 1.80. The van der Waals surface area contributed by atoms with Gasteiger partial charge in [-0.15, -0.1) is 0 Å². The number of nitrogens with zero attached hydrogens (tertiary/aromatic N) is 6. The Balaban J connectivity index is -0.000000240. The van der Waals surface area contributed by atoms with Gasteiger partial charge in [0.05, 0.1) is 0 Å². The molecule has 0 bridgehead atoms. The third kappa shape index (κ3) is 2.78. The normalized spacial score (nSPS) is 10.9. The summed E-state index contributed by atoms with van der Waals surface area (Å²) in [5.74, 6) is 0. The molecule has 0 atom stereocenters. The van der Waals surface area contributed by atoms with Gasteiger partial charge in [-0.1, -0.05) is 0 Å². The van der Waals surface area contributed by atoms with E-state index >= 15 is 0 Å². The zero-order valence-electron chi connectivity index (χ0n) is 7.89. The van der Waals surface area contributed by atoms with Crippen molar-refractivity contribution in [2.45, 2.75) is 0 Å². The molecule has 0 amide bonds. The van der Waals surface area contributed by atoms with E-state index in [1.54, 1.807) is 0 Å². The summed E-state index contributed by atoms with van der Waals surface area (Å²) in [7, 11) is -6.17. The van der Waals surface area contributed by atoms with Crippen LogP contribution in [-0.4, -0.2) is 0 Å².